The number of ether oxygens (including phenoxy) is 1. The van der Waals surface area contributed by atoms with Crippen molar-refractivity contribution in [3.63, 3.8) is 0 Å². The van der Waals surface area contributed by atoms with Gasteiger partial charge in [-0.2, -0.15) is 0 Å². The van der Waals surface area contributed by atoms with E-state index in [1.54, 1.807) is 48.5 Å². The summed E-state index contributed by atoms with van der Waals surface area (Å²) in [5.41, 5.74) is 3.53. The molecule has 3 aromatic rings. The Morgan fingerprint density at radius 2 is 1.30 bits per heavy atom. The van der Waals surface area contributed by atoms with Gasteiger partial charge in [-0.25, -0.2) is 0 Å². The van der Waals surface area contributed by atoms with Crippen molar-refractivity contribution in [3.05, 3.63) is 89.5 Å². The van der Waals surface area contributed by atoms with Crippen LogP contribution in [0.2, 0.25) is 0 Å². The first-order valence-electron chi connectivity index (χ1n) is 11.3. The molecule has 2 amide bonds. The van der Waals surface area contributed by atoms with E-state index in [1.165, 1.54) is 5.56 Å². The normalized spacial score (nSPS) is 11.0. The van der Waals surface area contributed by atoms with Crippen molar-refractivity contribution in [2.75, 3.05) is 17.2 Å². The topological polar surface area (TPSA) is 67.4 Å². The Hall–Kier alpha value is -3.60. The lowest BCUT2D eigenvalue weighted by Crippen LogP contribution is -2.15. The molecule has 5 nitrogen and oxygen atoms in total. The lowest BCUT2D eigenvalue weighted by Gasteiger charge is -2.19. The number of carbonyl (C=O) groups excluding carboxylic acids is 2. The molecule has 0 heterocycles. The molecule has 2 N–H and O–H groups in total. The maximum atomic E-state index is 12.6. The lowest BCUT2D eigenvalue weighted by molar-refractivity contribution is 0.101. The third-order valence-electron chi connectivity index (χ3n) is 5.27. The molecule has 0 aliphatic rings. The van der Waals surface area contributed by atoms with Crippen LogP contribution in [0.25, 0.3) is 0 Å². The van der Waals surface area contributed by atoms with Gasteiger partial charge in [-0.1, -0.05) is 52.3 Å². The minimum atomic E-state index is -0.226. The van der Waals surface area contributed by atoms with Crippen molar-refractivity contribution in [3.8, 4) is 5.75 Å². The third-order valence-corrected chi connectivity index (χ3v) is 5.27. The maximum Gasteiger partial charge on any atom is 0.255 e. The molecule has 0 spiro atoms. The van der Waals surface area contributed by atoms with Crippen LogP contribution in [0.15, 0.2) is 72.8 Å². The summed E-state index contributed by atoms with van der Waals surface area (Å²) in [5.74, 6) is 0.328. The zero-order valence-electron chi connectivity index (χ0n) is 19.8. The van der Waals surface area contributed by atoms with Crippen LogP contribution in [0.3, 0.4) is 0 Å². The highest BCUT2D eigenvalue weighted by molar-refractivity contribution is 6.06. The van der Waals surface area contributed by atoms with E-state index in [0.29, 0.717) is 29.1 Å². The van der Waals surface area contributed by atoms with Gasteiger partial charge in [0, 0.05) is 22.5 Å². The lowest BCUT2D eigenvalue weighted by atomic mass is 9.87. The fraction of sp³-hybridized carbons (Fsp3) is 0.286. The molecule has 0 saturated carbocycles. The molecule has 3 rings (SSSR count). The number of hydrogen-bond donors (Lipinski definition) is 2. The summed E-state index contributed by atoms with van der Waals surface area (Å²) in [4.78, 5) is 25.3. The van der Waals surface area contributed by atoms with Crippen molar-refractivity contribution < 1.29 is 14.3 Å². The van der Waals surface area contributed by atoms with Crippen LogP contribution < -0.4 is 15.4 Å². The zero-order valence-corrected chi connectivity index (χ0v) is 19.8. The van der Waals surface area contributed by atoms with Crippen LogP contribution >= 0.6 is 0 Å². The standard InChI is InChI=1S/C28H32N2O3/c1-5-6-18-33-25-16-12-21(13-17-25)27(32)30-24-9-7-8-23(19-24)29-26(31)20-10-14-22(15-11-20)28(2,3)4/h7-17,19H,5-6,18H2,1-4H3,(H,29,31)(H,30,32). The van der Waals surface area contributed by atoms with Crippen LogP contribution in [-0.2, 0) is 5.41 Å². The highest BCUT2D eigenvalue weighted by Gasteiger charge is 2.14. The van der Waals surface area contributed by atoms with E-state index in [1.807, 2.05) is 24.3 Å². The summed E-state index contributed by atoms with van der Waals surface area (Å²) in [5, 5.41) is 5.77. The summed E-state index contributed by atoms with van der Waals surface area (Å²) in [6.45, 7) is 9.19. The number of benzene rings is 3. The number of rotatable bonds is 8. The molecule has 172 valence electrons. The molecule has 0 atom stereocenters. The maximum absolute atomic E-state index is 12.6. The Morgan fingerprint density at radius 3 is 1.79 bits per heavy atom. The van der Waals surface area contributed by atoms with E-state index in [-0.39, 0.29) is 17.2 Å². The van der Waals surface area contributed by atoms with Crippen LogP contribution in [0.1, 0.15) is 66.8 Å². The van der Waals surface area contributed by atoms with Gasteiger partial charge in [0.1, 0.15) is 5.75 Å². The number of amides is 2. The quantitative estimate of drug-likeness (QED) is 0.381. The van der Waals surface area contributed by atoms with Gasteiger partial charge in [0.05, 0.1) is 6.61 Å². The summed E-state index contributed by atoms with van der Waals surface area (Å²) in [7, 11) is 0. The molecule has 0 aliphatic carbocycles. The molecular formula is C28H32N2O3. The number of nitrogens with one attached hydrogen (secondary N) is 2. The Labute approximate surface area is 196 Å². The number of hydrogen-bond acceptors (Lipinski definition) is 3. The molecule has 0 bridgehead atoms. The predicted molar refractivity (Wildman–Crippen MR) is 134 cm³/mol. The summed E-state index contributed by atoms with van der Waals surface area (Å²) < 4.78 is 5.64. The van der Waals surface area contributed by atoms with E-state index in [9.17, 15) is 9.59 Å². The largest absolute Gasteiger partial charge is 0.494 e. The fourth-order valence-electron chi connectivity index (χ4n) is 3.24. The van der Waals surface area contributed by atoms with Gasteiger partial charge in [0.25, 0.3) is 11.8 Å². The van der Waals surface area contributed by atoms with Gasteiger partial charge < -0.3 is 15.4 Å². The van der Waals surface area contributed by atoms with Crippen molar-refractivity contribution in [1.82, 2.24) is 0 Å². The van der Waals surface area contributed by atoms with Crippen molar-refractivity contribution >= 4 is 23.2 Å². The molecule has 0 saturated heterocycles. The van der Waals surface area contributed by atoms with Gasteiger partial charge in [0.15, 0.2) is 0 Å². The highest BCUT2D eigenvalue weighted by atomic mass is 16.5. The van der Waals surface area contributed by atoms with Crippen molar-refractivity contribution in [2.24, 2.45) is 0 Å². The second-order valence-electron chi connectivity index (χ2n) is 9.04. The molecule has 0 aromatic heterocycles. The van der Waals surface area contributed by atoms with E-state index in [0.717, 1.165) is 18.6 Å². The number of carbonyl (C=O) groups is 2. The van der Waals surface area contributed by atoms with Gasteiger partial charge in [-0.05, 0) is 72.0 Å². The second-order valence-corrected chi connectivity index (χ2v) is 9.04. The van der Waals surface area contributed by atoms with Crippen LogP contribution in [0, 0.1) is 0 Å². The zero-order chi connectivity index (χ0) is 23.8. The van der Waals surface area contributed by atoms with Gasteiger partial charge in [-0.15, -0.1) is 0 Å². The van der Waals surface area contributed by atoms with Crippen molar-refractivity contribution in [2.45, 2.75) is 46.0 Å². The predicted octanol–water partition coefficient (Wildman–Crippen LogP) is 6.67. The average Bonchev–Trinajstić information content (AvgIpc) is 2.79. The molecule has 0 radical (unpaired) electrons. The van der Waals surface area contributed by atoms with Crippen LogP contribution in [0.5, 0.6) is 5.75 Å². The Kier molecular flexibility index (Phi) is 7.88. The minimum Gasteiger partial charge on any atom is -0.494 e. The van der Waals surface area contributed by atoms with E-state index in [2.05, 4.69) is 38.3 Å². The number of anilines is 2. The second kappa shape index (κ2) is 10.8. The molecule has 5 heteroatoms. The van der Waals surface area contributed by atoms with E-state index in [4.69, 9.17) is 4.74 Å². The SMILES string of the molecule is CCCCOc1ccc(C(=O)Nc2cccc(NC(=O)c3ccc(C(C)(C)C)cc3)c2)cc1. The average molecular weight is 445 g/mol. The fourth-order valence-corrected chi connectivity index (χ4v) is 3.24. The van der Waals surface area contributed by atoms with Gasteiger partial charge >= 0.3 is 0 Å². The van der Waals surface area contributed by atoms with E-state index < -0.39 is 0 Å². The number of unbranched alkanes of at least 4 members (excludes halogenated alkanes) is 1. The minimum absolute atomic E-state index is 0.0317. The summed E-state index contributed by atoms with van der Waals surface area (Å²) >= 11 is 0. The molecule has 33 heavy (non-hydrogen) atoms. The van der Waals surface area contributed by atoms with E-state index >= 15 is 0 Å². The highest BCUT2D eigenvalue weighted by Crippen LogP contribution is 2.23. The molecular weight excluding hydrogens is 412 g/mol. The van der Waals surface area contributed by atoms with Crippen LogP contribution in [-0.4, -0.2) is 18.4 Å². The third kappa shape index (κ3) is 6.94. The van der Waals surface area contributed by atoms with Gasteiger partial charge in [-0.3, -0.25) is 9.59 Å². The molecule has 0 unspecified atom stereocenters. The summed E-state index contributed by atoms with van der Waals surface area (Å²) in [6, 6.07) is 21.8. The molecule has 3 aromatic carbocycles. The van der Waals surface area contributed by atoms with Crippen LogP contribution in [0.4, 0.5) is 11.4 Å². The first kappa shape index (κ1) is 24.1. The molecule has 0 aliphatic heterocycles. The van der Waals surface area contributed by atoms with Crippen molar-refractivity contribution in [1.29, 1.82) is 0 Å². The summed E-state index contributed by atoms with van der Waals surface area (Å²) in [6.07, 6.45) is 2.07. The first-order chi connectivity index (χ1) is 15.8. The Morgan fingerprint density at radius 1 is 0.788 bits per heavy atom. The molecule has 0 fully saturated rings. The smallest absolute Gasteiger partial charge is 0.255 e. The first-order valence-corrected chi connectivity index (χ1v) is 11.3. The monoisotopic (exact) mass is 444 g/mol. The Bertz CT molecular complexity index is 1080. The van der Waals surface area contributed by atoms with Gasteiger partial charge in [0.2, 0.25) is 0 Å². The Balaban J connectivity index is 1.61.